The number of rotatable bonds is 5. The number of carbonyl (C=O) groups excluding carboxylic acids is 1. The molecule has 1 aliphatic rings. The SMILES string of the molecule is O=C(CNc1ccccc1)OCC1CC1. The van der Waals surface area contributed by atoms with Crippen molar-refractivity contribution in [2.24, 2.45) is 5.92 Å². The molecule has 1 aromatic rings. The summed E-state index contributed by atoms with van der Waals surface area (Å²) >= 11 is 0. The molecule has 1 aliphatic carbocycles. The summed E-state index contributed by atoms with van der Waals surface area (Å²) in [5.74, 6) is 0.455. The summed E-state index contributed by atoms with van der Waals surface area (Å²) in [6.07, 6.45) is 2.42. The van der Waals surface area contributed by atoms with E-state index in [1.807, 2.05) is 30.3 Å². The molecule has 1 saturated carbocycles. The Morgan fingerprint density at radius 2 is 2.07 bits per heavy atom. The molecule has 1 aromatic carbocycles. The first-order valence-corrected chi connectivity index (χ1v) is 5.29. The number of anilines is 1. The second kappa shape index (κ2) is 4.82. The molecular formula is C12H15NO2. The maximum Gasteiger partial charge on any atom is 0.325 e. The Balaban J connectivity index is 1.66. The fourth-order valence-electron chi connectivity index (χ4n) is 1.28. The van der Waals surface area contributed by atoms with Crippen molar-refractivity contribution in [3.63, 3.8) is 0 Å². The standard InChI is InChI=1S/C12H15NO2/c14-12(15-9-10-6-7-10)8-13-11-4-2-1-3-5-11/h1-5,10,13H,6-9H2. The third kappa shape index (κ3) is 3.62. The molecule has 1 N–H and O–H groups in total. The Hall–Kier alpha value is -1.51. The highest BCUT2D eigenvalue weighted by atomic mass is 16.5. The molecule has 0 spiro atoms. The number of ether oxygens (including phenoxy) is 1. The number of hydrogen-bond acceptors (Lipinski definition) is 3. The maximum atomic E-state index is 11.3. The molecule has 0 atom stereocenters. The lowest BCUT2D eigenvalue weighted by molar-refractivity contribution is -0.141. The van der Waals surface area contributed by atoms with E-state index in [1.54, 1.807) is 0 Å². The van der Waals surface area contributed by atoms with E-state index < -0.39 is 0 Å². The zero-order valence-corrected chi connectivity index (χ0v) is 8.61. The summed E-state index contributed by atoms with van der Waals surface area (Å²) in [6, 6.07) is 9.65. The van der Waals surface area contributed by atoms with Crippen LogP contribution in [0.5, 0.6) is 0 Å². The topological polar surface area (TPSA) is 38.3 Å². The molecule has 0 amide bonds. The minimum Gasteiger partial charge on any atom is -0.464 e. The Kier molecular flexibility index (Phi) is 3.22. The van der Waals surface area contributed by atoms with Crippen LogP contribution in [0.4, 0.5) is 5.69 Å². The van der Waals surface area contributed by atoms with E-state index in [0.29, 0.717) is 12.5 Å². The first kappa shape index (κ1) is 10.0. The second-order valence-electron chi connectivity index (χ2n) is 3.85. The van der Waals surface area contributed by atoms with E-state index >= 15 is 0 Å². The van der Waals surface area contributed by atoms with Gasteiger partial charge in [0.15, 0.2) is 0 Å². The van der Waals surface area contributed by atoms with Gasteiger partial charge in [0.05, 0.1) is 6.61 Å². The Morgan fingerprint density at radius 1 is 1.33 bits per heavy atom. The van der Waals surface area contributed by atoms with E-state index in [9.17, 15) is 4.79 Å². The maximum absolute atomic E-state index is 11.3. The van der Waals surface area contributed by atoms with Gasteiger partial charge in [0.25, 0.3) is 0 Å². The summed E-state index contributed by atoms with van der Waals surface area (Å²) in [7, 11) is 0. The summed E-state index contributed by atoms with van der Waals surface area (Å²) in [6.45, 7) is 0.839. The average Bonchev–Trinajstić information content (AvgIpc) is 3.09. The summed E-state index contributed by atoms with van der Waals surface area (Å²) in [5.41, 5.74) is 0.945. The minimum absolute atomic E-state index is 0.175. The van der Waals surface area contributed by atoms with Gasteiger partial charge in [-0.2, -0.15) is 0 Å². The van der Waals surface area contributed by atoms with Crippen molar-refractivity contribution in [1.82, 2.24) is 0 Å². The zero-order valence-electron chi connectivity index (χ0n) is 8.61. The number of esters is 1. The van der Waals surface area contributed by atoms with E-state index in [2.05, 4.69) is 5.32 Å². The van der Waals surface area contributed by atoms with Crippen LogP contribution in [-0.4, -0.2) is 19.1 Å². The summed E-state index contributed by atoms with van der Waals surface area (Å²) in [5, 5.41) is 3.01. The largest absolute Gasteiger partial charge is 0.464 e. The molecule has 3 nitrogen and oxygen atoms in total. The van der Waals surface area contributed by atoms with Gasteiger partial charge in [-0.1, -0.05) is 18.2 Å². The lowest BCUT2D eigenvalue weighted by Crippen LogP contribution is -2.17. The Bertz CT molecular complexity index is 320. The number of hydrogen-bond donors (Lipinski definition) is 1. The number of nitrogens with one attached hydrogen (secondary N) is 1. The van der Waals surface area contributed by atoms with Crippen molar-refractivity contribution in [3.8, 4) is 0 Å². The molecule has 0 bridgehead atoms. The van der Waals surface area contributed by atoms with Gasteiger partial charge in [-0.05, 0) is 30.9 Å². The number of benzene rings is 1. The van der Waals surface area contributed by atoms with Crippen LogP contribution in [0.1, 0.15) is 12.8 Å². The summed E-state index contributed by atoms with van der Waals surface area (Å²) in [4.78, 5) is 11.3. The van der Waals surface area contributed by atoms with Crippen molar-refractivity contribution in [1.29, 1.82) is 0 Å². The number of para-hydroxylation sites is 1. The van der Waals surface area contributed by atoms with Gasteiger partial charge in [0.2, 0.25) is 0 Å². The van der Waals surface area contributed by atoms with Gasteiger partial charge in [-0.25, -0.2) is 0 Å². The van der Waals surface area contributed by atoms with E-state index in [-0.39, 0.29) is 12.5 Å². The van der Waals surface area contributed by atoms with Crippen molar-refractivity contribution in [3.05, 3.63) is 30.3 Å². The van der Waals surface area contributed by atoms with Gasteiger partial charge < -0.3 is 10.1 Å². The molecule has 0 unspecified atom stereocenters. The van der Waals surface area contributed by atoms with E-state index in [1.165, 1.54) is 12.8 Å². The molecule has 3 heteroatoms. The predicted molar refractivity (Wildman–Crippen MR) is 58.6 cm³/mol. The normalized spacial score (nSPS) is 14.7. The molecule has 1 fully saturated rings. The highest BCUT2D eigenvalue weighted by Gasteiger charge is 2.22. The molecule has 2 rings (SSSR count). The first-order valence-electron chi connectivity index (χ1n) is 5.29. The van der Waals surface area contributed by atoms with Crippen LogP contribution in [0.25, 0.3) is 0 Å². The van der Waals surface area contributed by atoms with Gasteiger partial charge in [0, 0.05) is 5.69 Å². The smallest absolute Gasteiger partial charge is 0.325 e. The van der Waals surface area contributed by atoms with Crippen LogP contribution in [-0.2, 0) is 9.53 Å². The molecule has 80 valence electrons. The van der Waals surface area contributed by atoms with E-state index in [0.717, 1.165) is 5.69 Å². The lowest BCUT2D eigenvalue weighted by Gasteiger charge is -2.06. The predicted octanol–water partition coefficient (Wildman–Crippen LogP) is 2.05. The first-order chi connectivity index (χ1) is 7.34. The molecule has 0 aliphatic heterocycles. The van der Waals surface area contributed by atoms with Gasteiger partial charge >= 0.3 is 5.97 Å². The fourth-order valence-corrected chi connectivity index (χ4v) is 1.28. The molecule has 0 aromatic heterocycles. The molecular weight excluding hydrogens is 190 g/mol. The second-order valence-corrected chi connectivity index (χ2v) is 3.85. The van der Waals surface area contributed by atoms with Gasteiger partial charge in [-0.15, -0.1) is 0 Å². The van der Waals surface area contributed by atoms with Gasteiger partial charge in [-0.3, -0.25) is 4.79 Å². The lowest BCUT2D eigenvalue weighted by atomic mass is 10.3. The molecule has 0 heterocycles. The van der Waals surface area contributed by atoms with Crippen molar-refractivity contribution < 1.29 is 9.53 Å². The third-order valence-corrected chi connectivity index (χ3v) is 2.39. The van der Waals surface area contributed by atoms with Crippen LogP contribution in [0.3, 0.4) is 0 Å². The number of carbonyl (C=O) groups is 1. The molecule has 0 radical (unpaired) electrons. The Labute approximate surface area is 89.4 Å². The molecule has 0 saturated heterocycles. The van der Waals surface area contributed by atoms with Crippen LogP contribution in [0.2, 0.25) is 0 Å². The highest BCUT2D eigenvalue weighted by molar-refractivity contribution is 5.74. The average molecular weight is 205 g/mol. The Morgan fingerprint density at radius 3 is 2.73 bits per heavy atom. The monoisotopic (exact) mass is 205 g/mol. The summed E-state index contributed by atoms with van der Waals surface area (Å²) < 4.78 is 5.09. The zero-order chi connectivity index (χ0) is 10.5. The molecule has 15 heavy (non-hydrogen) atoms. The van der Waals surface area contributed by atoms with Crippen molar-refractivity contribution in [2.75, 3.05) is 18.5 Å². The third-order valence-electron chi connectivity index (χ3n) is 2.39. The fraction of sp³-hybridized carbons (Fsp3) is 0.417. The highest BCUT2D eigenvalue weighted by Crippen LogP contribution is 2.28. The van der Waals surface area contributed by atoms with Gasteiger partial charge in [0.1, 0.15) is 6.54 Å². The van der Waals surface area contributed by atoms with E-state index in [4.69, 9.17) is 4.74 Å². The van der Waals surface area contributed by atoms with Crippen LogP contribution < -0.4 is 5.32 Å². The minimum atomic E-state index is -0.175. The van der Waals surface area contributed by atoms with Crippen LogP contribution >= 0.6 is 0 Å². The van der Waals surface area contributed by atoms with Crippen LogP contribution in [0, 0.1) is 5.92 Å². The quantitative estimate of drug-likeness (QED) is 0.748. The van der Waals surface area contributed by atoms with Crippen molar-refractivity contribution >= 4 is 11.7 Å². The van der Waals surface area contributed by atoms with Crippen molar-refractivity contribution in [2.45, 2.75) is 12.8 Å². The van der Waals surface area contributed by atoms with Crippen LogP contribution in [0.15, 0.2) is 30.3 Å².